The van der Waals surface area contributed by atoms with Gasteiger partial charge in [-0.05, 0) is 48.9 Å². The fourth-order valence-electron chi connectivity index (χ4n) is 3.27. The van der Waals surface area contributed by atoms with Gasteiger partial charge in [0.2, 0.25) is 0 Å². The van der Waals surface area contributed by atoms with E-state index >= 15 is 0 Å². The van der Waals surface area contributed by atoms with E-state index in [1.54, 1.807) is 24.5 Å². The molecule has 0 aliphatic rings. The van der Waals surface area contributed by atoms with Gasteiger partial charge in [-0.2, -0.15) is 0 Å². The number of thiazole rings is 1. The van der Waals surface area contributed by atoms with Crippen LogP contribution in [0.15, 0.2) is 60.9 Å². The van der Waals surface area contributed by atoms with E-state index in [1.165, 1.54) is 24.5 Å². The maximum Gasteiger partial charge on any atom is 0.335 e. The summed E-state index contributed by atoms with van der Waals surface area (Å²) in [5.41, 5.74) is 2.99. The maximum atomic E-state index is 11.2. The molecule has 0 amide bonds. The van der Waals surface area contributed by atoms with Crippen molar-refractivity contribution < 1.29 is 14.6 Å². The summed E-state index contributed by atoms with van der Waals surface area (Å²) >= 11 is 1.53. The van der Waals surface area contributed by atoms with Crippen LogP contribution in [0.2, 0.25) is 0 Å². The number of carboxylic acids is 1. The minimum absolute atomic E-state index is 0.190. The second kappa shape index (κ2) is 9.66. The molecular weight excluding hydrogens is 438 g/mol. The number of anilines is 3. The van der Waals surface area contributed by atoms with E-state index < -0.39 is 5.97 Å². The molecule has 4 aromatic rings. The molecule has 0 atom stereocenters. The summed E-state index contributed by atoms with van der Waals surface area (Å²) in [5, 5.41) is 13.2. The highest BCUT2D eigenvalue weighted by molar-refractivity contribution is 7.18. The van der Waals surface area contributed by atoms with E-state index in [-0.39, 0.29) is 5.56 Å². The van der Waals surface area contributed by atoms with Gasteiger partial charge in [0.1, 0.15) is 17.4 Å². The highest BCUT2D eigenvalue weighted by Gasteiger charge is 2.14. The van der Waals surface area contributed by atoms with Crippen LogP contribution < -0.4 is 15.0 Å². The molecule has 9 heteroatoms. The average molecular weight is 462 g/mol. The lowest BCUT2D eigenvalue weighted by atomic mass is 10.1. The van der Waals surface area contributed by atoms with Crippen molar-refractivity contribution in [2.45, 2.75) is 13.5 Å². The minimum Gasteiger partial charge on any atom is -0.496 e. The number of carbonyl (C=O) groups is 1. The van der Waals surface area contributed by atoms with Crippen molar-refractivity contribution in [2.24, 2.45) is 0 Å². The standard InChI is InChI=1S/C24H23N5O3S/c1-15-9-10-25-22(11-15)28-21-6-4-5-18(27-21)20-13-26-24(33-20)29(2)14-17-8-7-16(23(30)31)12-19(17)32-3/h4-13H,14H2,1-3H3,(H,30,31)(H,25,27,28). The molecular formula is C24H23N5O3S. The molecule has 0 saturated heterocycles. The van der Waals surface area contributed by atoms with Crippen molar-refractivity contribution in [3.05, 3.63) is 77.6 Å². The fraction of sp³-hybridized carbons (Fsp3) is 0.167. The van der Waals surface area contributed by atoms with E-state index in [0.29, 0.717) is 18.1 Å². The van der Waals surface area contributed by atoms with Gasteiger partial charge in [-0.15, -0.1) is 0 Å². The second-order valence-corrected chi connectivity index (χ2v) is 8.46. The van der Waals surface area contributed by atoms with Gasteiger partial charge in [0.05, 0.1) is 23.2 Å². The Morgan fingerprint density at radius 1 is 1.15 bits per heavy atom. The van der Waals surface area contributed by atoms with Gasteiger partial charge in [-0.3, -0.25) is 0 Å². The number of aromatic carboxylic acids is 1. The molecule has 3 aromatic heterocycles. The molecule has 3 heterocycles. The first-order valence-corrected chi connectivity index (χ1v) is 11.0. The normalized spacial score (nSPS) is 10.6. The Kier molecular flexibility index (Phi) is 6.50. The van der Waals surface area contributed by atoms with Crippen LogP contribution in [-0.2, 0) is 6.54 Å². The van der Waals surface area contributed by atoms with Crippen molar-refractivity contribution in [1.29, 1.82) is 0 Å². The van der Waals surface area contributed by atoms with Crippen LogP contribution >= 0.6 is 11.3 Å². The van der Waals surface area contributed by atoms with Gasteiger partial charge in [0.25, 0.3) is 0 Å². The van der Waals surface area contributed by atoms with Crippen molar-refractivity contribution in [3.8, 4) is 16.3 Å². The summed E-state index contributed by atoms with van der Waals surface area (Å²) < 4.78 is 5.39. The van der Waals surface area contributed by atoms with E-state index in [1.807, 2.05) is 49.2 Å². The van der Waals surface area contributed by atoms with E-state index in [9.17, 15) is 9.90 Å². The highest BCUT2D eigenvalue weighted by atomic mass is 32.1. The number of pyridine rings is 2. The summed E-state index contributed by atoms with van der Waals surface area (Å²) in [6.45, 7) is 2.53. The van der Waals surface area contributed by atoms with Crippen LogP contribution in [0.1, 0.15) is 21.5 Å². The number of hydrogen-bond acceptors (Lipinski definition) is 8. The zero-order valence-electron chi connectivity index (χ0n) is 18.4. The van der Waals surface area contributed by atoms with Crippen LogP contribution in [0.25, 0.3) is 10.6 Å². The van der Waals surface area contributed by atoms with Crippen LogP contribution in [-0.4, -0.2) is 40.2 Å². The predicted molar refractivity (Wildman–Crippen MR) is 130 cm³/mol. The summed E-state index contributed by atoms with van der Waals surface area (Å²) in [4.78, 5) is 27.7. The molecule has 33 heavy (non-hydrogen) atoms. The van der Waals surface area contributed by atoms with Gasteiger partial charge in [0.15, 0.2) is 5.13 Å². The number of nitrogens with zero attached hydrogens (tertiary/aromatic N) is 4. The quantitative estimate of drug-likeness (QED) is 0.378. The molecule has 0 spiro atoms. The number of rotatable bonds is 8. The molecule has 0 fully saturated rings. The Morgan fingerprint density at radius 2 is 2.00 bits per heavy atom. The lowest BCUT2D eigenvalue weighted by Gasteiger charge is -2.18. The zero-order valence-corrected chi connectivity index (χ0v) is 19.3. The molecule has 1 aromatic carbocycles. The van der Waals surface area contributed by atoms with Crippen LogP contribution in [0.5, 0.6) is 5.75 Å². The van der Waals surface area contributed by atoms with Gasteiger partial charge in [-0.25, -0.2) is 19.7 Å². The molecule has 4 rings (SSSR count). The summed E-state index contributed by atoms with van der Waals surface area (Å²) in [6.07, 6.45) is 3.56. The topological polar surface area (TPSA) is 100 Å². The first kappa shape index (κ1) is 22.2. The maximum absolute atomic E-state index is 11.2. The van der Waals surface area contributed by atoms with Crippen LogP contribution in [0.4, 0.5) is 16.8 Å². The Bertz CT molecular complexity index is 1290. The largest absolute Gasteiger partial charge is 0.496 e. The van der Waals surface area contributed by atoms with Gasteiger partial charge < -0.3 is 20.1 Å². The number of carboxylic acid groups (broad SMARTS) is 1. The molecule has 0 aliphatic carbocycles. The molecule has 2 N–H and O–H groups in total. The lowest BCUT2D eigenvalue weighted by molar-refractivity contribution is 0.0696. The van der Waals surface area contributed by atoms with Crippen molar-refractivity contribution in [1.82, 2.24) is 15.0 Å². The van der Waals surface area contributed by atoms with Crippen molar-refractivity contribution in [3.63, 3.8) is 0 Å². The first-order valence-electron chi connectivity index (χ1n) is 10.2. The molecule has 168 valence electrons. The van der Waals surface area contributed by atoms with Crippen LogP contribution in [0, 0.1) is 6.92 Å². The first-order chi connectivity index (χ1) is 15.9. The molecule has 0 bridgehead atoms. The predicted octanol–water partition coefficient (Wildman–Crippen LogP) is 5.00. The van der Waals surface area contributed by atoms with Crippen LogP contribution in [0.3, 0.4) is 0 Å². The molecule has 0 aliphatic heterocycles. The monoisotopic (exact) mass is 461 g/mol. The number of methoxy groups -OCH3 is 1. The van der Waals surface area contributed by atoms with E-state index in [0.717, 1.165) is 32.6 Å². The average Bonchev–Trinajstić information content (AvgIpc) is 3.30. The molecule has 8 nitrogen and oxygen atoms in total. The third-order valence-corrected chi connectivity index (χ3v) is 6.07. The fourth-order valence-corrected chi connectivity index (χ4v) is 4.11. The zero-order chi connectivity index (χ0) is 23.4. The Labute approximate surface area is 195 Å². The van der Waals surface area contributed by atoms with Crippen molar-refractivity contribution in [2.75, 3.05) is 24.4 Å². The number of hydrogen-bond donors (Lipinski definition) is 2. The SMILES string of the molecule is COc1cc(C(=O)O)ccc1CN(C)c1ncc(-c2cccc(Nc3cc(C)ccn3)n2)s1. The van der Waals surface area contributed by atoms with E-state index in [4.69, 9.17) is 9.72 Å². The number of aromatic nitrogens is 3. The molecule has 0 unspecified atom stereocenters. The van der Waals surface area contributed by atoms with Crippen molar-refractivity contribution >= 4 is 34.1 Å². The Hall–Kier alpha value is -3.98. The number of benzene rings is 1. The summed E-state index contributed by atoms with van der Waals surface area (Å²) in [7, 11) is 3.47. The number of ether oxygens (including phenoxy) is 1. The lowest BCUT2D eigenvalue weighted by Crippen LogP contribution is -2.16. The molecule has 0 saturated carbocycles. The second-order valence-electron chi connectivity index (χ2n) is 7.45. The summed E-state index contributed by atoms with van der Waals surface area (Å²) in [6, 6.07) is 14.6. The molecule has 0 radical (unpaired) electrons. The highest BCUT2D eigenvalue weighted by Crippen LogP contribution is 2.32. The Balaban J connectivity index is 1.50. The Morgan fingerprint density at radius 3 is 2.76 bits per heavy atom. The third-order valence-electron chi connectivity index (χ3n) is 4.93. The third kappa shape index (κ3) is 5.27. The number of aryl methyl sites for hydroxylation is 1. The van der Waals surface area contributed by atoms with Gasteiger partial charge in [-0.1, -0.05) is 23.5 Å². The minimum atomic E-state index is -0.986. The smallest absolute Gasteiger partial charge is 0.335 e. The number of nitrogens with one attached hydrogen (secondary N) is 1. The van der Waals surface area contributed by atoms with Gasteiger partial charge >= 0.3 is 5.97 Å². The van der Waals surface area contributed by atoms with E-state index in [2.05, 4.69) is 15.3 Å². The van der Waals surface area contributed by atoms with Gasteiger partial charge in [0, 0.05) is 31.5 Å². The summed E-state index contributed by atoms with van der Waals surface area (Å²) in [5.74, 6) is 0.994.